The number of rotatable bonds is 6. The summed E-state index contributed by atoms with van der Waals surface area (Å²) in [7, 11) is 1.56. The number of hydrogen-bond acceptors (Lipinski definition) is 4. The van der Waals surface area contributed by atoms with Gasteiger partial charge in [-0.3, -0.25) is 4.79 Å². The normalized spacial score (nSPS) is 12.1. The molecule has 0 aromatic heterocycles. The zero-order valence-electron chi connectivity index (χ0n) is 11.9. The lowest BCUT2D eigenvalue weighted by atomic mass is 10.2. The van der Waals surface area contributed by atoms with Gasteiger partial charge in [-0.2, -0.15) is 0 Å². The second-order valence-corrected chi connectivity index (χ2v) is 4.61. The Hall–Kier alpha value is -1.75. The van der Waals surface area contributed by atoms with Crippen LogP contribution in [0, 0.1) is 0 Å². The Morgan fingerprint density at radius 3 is 2.53 bits per heavy atom. The van der Waals surface area contributed by atoms with Crippen molar-refractivity contribution in [2.75, 3.05) is 7.11 Å². The molecule has 1 aromatic rings. The zero-order valence-corrected chi connectivity index (χ0v) is 11.9. The highest BCUT2D eigenvalue weighted by Crippen LogP contribution is 2.28. The minimum atomic E-state index is -0.583. The van der Waals surface area contributed by atoms with Gasteiger partial charge in [0.05, 0.1) is 7.11 Å². The van der Waals surface area contributed by atoms with Gasteiger partial charge in [-0.25, -0.2) is 0 Å². The summed E-state index contributed by atoms with van der Waals surface area (Å²) in [4.78, 5) is 11.8. The van der Waals surface area contributed by atoms with Crippen LogP contribution in [-0.2, 0) is 11.3 Å². The molecule has 0 heterocycles. The third-order valence-electron chi connectivity index (χ3n) is 2.57. The SMILES string of the molecule is COc1cc(CN)ccc1OC(C)C(=O)NC(C)C. The van der Waals surface area contributed by atoms with E-state index in [-0.39, 0.29) is 11.9 Å². The molecule has 0 aliphatic rings. The van der Waals surface area contributed by atoms with Crippen molar-refractivity contribution in [3.05, 3.63) is 23.8 Å². The Kier molecular flexibility index (Phi) is 5.63. The number of hydrogen-bond donors (Lipinski definition) is 2. The Labute approximate surface area is 114 Å². The highest BCUT2D eigenvalue weighted by atomic mass is 16.5. The third kappa shape index (κ3) is 4.44. The van der Waals surface area contributed by atoms with Gasteiger partial charge in [0.2, 0.25) is 0 Å². The summed E-state index contributed by atoms with van der Waals surface area (Å²) in [5.74, 6) is 0.957. The van der Waals surface area contributed by atoms with Gasteiger partial charge in [0.25, 0.3) is 5.91 Å². The van der Waals surface area contributed by atoms with E-state index in [4.69, 9.17) is 15.2 Å². The number of nitrogens with one attached hydrogen (secondary N) is 1. The van der Waals surface area contributed by atoms with Crippen LogP contribution in [0.15, 0.2) is 18.2 Å². The molecule has 0 radical (unpaired) electrons. The van der Waals surface area contributed by atoms with Crippen molar-refractivity contribution >= 4 is 5.91 Å². The van der Waals surface area contributed by atoms with Crippen molar-refractivity contribution in [1.82, 2.24) is 5.32 Å². The summed E-state index contributed by atoms with van der Waals surface area (Å²) in [6.45, 7) is 5.94. The van der Waals surface area contributed by atoms with E-state index in [0.717, 1.165) is 5.56 Å². The standard InChI is InChI=1S/C14H22N2O3/c1-9(2)16-14(17)10(3)19-12-6-5-11(8-15)7-13(12)18-4/h5-7,9-10H,8,15H2,1-4H3,(H,16,17). The van der Waals surface area contributed by atoms with Crippen LogP contribution in [0.4, 0.5) is 0 Å². The predicted molar refractivity (Wildman–Crippen MR) is 74.3 cm³/mol. The van der Waals surface area contributed by atoms with Crippen LogP contribution in [0.3, 0.4) is 0 Å². The lowest BCUT2D eigenvalue weighted by Crippen LogP contribution is -2.40. The average Bonchev–Trinajstić information content (AvgIpc) is 2.38. The molecule has 1 rings (SSSR count). The number of carbonyl (C=O) groups is 1. The number of carbonyl (C=O) groups excluding carboxylic acids is 1. The molecule has 1 aromatic carbocycles. The third-order valence-corrected chi connectivity index (χ3v) is 2.57. The number of ether oxygens (including phenoxy) is 2. The molecule has 0 bridgehead atoms. The van der Waals surface area contributed by atoms with Crippen LogP contribution >= 0.6 is 0 Å². The van der Waals surface area contributed by atoms with E-state index in [1.54, 1.807) is 20.1 Å². The van der Waals surface area contributed by atoms with E-state index in [1.165, 1.54) is 0 Å². The molecule has 3 N–H and O–H groups in total. The van der Waals surface area contributed by atoms with Crippen LogP contribution in [-0.4, -0.2) is 25.2 Å². The minimum absolute atomic E-state index is 0.0834. The van der Waals surface area contributed by atoms with Gasteiger partial charge in [0, 0.05) is 12.6 Å². The van der Waals surface area contributed by atoms with Crippen LogP contribution in [0.2, 0.25) is 0 Å². The summed E-state index contributed by atoms with van der Waals surface area (Å²) in [5, 5.41) is 2.80. The maximum Gasteiger partial charge on any atom is 0.260 e. The molecule has 1 amide bonds. The highest BCUT2D eigenvalue weighted by molar-refractivity contribution is 5.81. The van der Waals surface area contributed by atoms with Crippen molar-refractivity contribution < 1.29 is 14.3 Å². The maximum absolute atomic E-state index is 11.8. The van der Waals surface area contributed by atoms with Crippen molar-refractivity contribution in [3.63, 3.8) is 0 Å². The fourth-order valence-corrected chi connectivity index (χ4v) is 1.58. The quantitative estimate of drug-likeness (QED) is 0.817. The Morgan fingerprint density at radius 2 is 2.00 bits per heavy atom. The van der Waals surface area contributed by atoms with Gasteiger partial charge >= 0.3 is 0 Å². The second-order valence-electron chi connectivity index (χ2n) is 4.61. The lowest BCUT2D eigenvalue weighted by molar-refractivity contribution is -0.127. The largest absolute Gasteiger partial charge is 0.493 e. The van der Waals surface area contributed by atoms with E-state index >= 15 is 0 Å². The van der Waals surface area contributed by atoms with Crippen molar-refractivity contribution in [1.29, 1.82) is 0 Å². The molecule has 5 heteroatoms. The highest BCUT2D eigenvalue weighted by Gasteiger charge is 2.17. The molecular weight excluding hydrogens is 244 g/mol. The fraction of sp³-hybridized carbons (Fsp3) is 0.500. The average molecular weight is 266 g/mol. The zero-order chi connectivity index (χ0) is 14.4. The Morgan fingerprint density at radius 1 is 1.32 bits per heavy atom. The van der Waals surface area contributed by atoms with E-state index in [0.29, 0.717) is 18.0 Å². The van der Waals surface area contributed by atoms with E-state index in [2.05, 4.69) is 5.32 Å². The van der Waals surface area contributed by atoms with Gasteiger partial charge in [-0.15, -0.1) is 0 Å². The second kappa shape index (κ2) is 6.99. The molecule has 0 saturated carbocycles. The van der Waals surface area contributed by atoms with Crippen LogP contribution in [0.5, 0.6) is 11.5 Å². The predicted octanol–water partition coefficient (Wildman–Crippen LogP) is 1.45. The first kappa shape index (κ1) is 15.3. The molecule has 106 valence electrons. The summed E-state index contributed by atoms with van der Waals surface area (Å²) in [6, 6.07) is 5.51. The van der Waals surface area contributed by atoms with Gasteiger partial charge in [0.15, 0.2) is 17.6 Å². The molecule has 0 aliphatic carbocycles. The molecule has 1 unspecified atom stereocenters. The van der Waals surface area contributed by atoms with Gasteiger partial charge in [-0.1, -0.05) is 6.07 Å². The summed E-state index contributed by atoms with van der Waals surface area (Å²) >= 11 is 0. The number of methoxy groups -OCH3 is 1. The molecule has 5 nitrogen and oxygen atoms in total. The smallest absolute Gasteiger partial charge is 0.260 e. The summed E-state index contributed by atoms with van der Waals surface area (Å²) in [6.07, 6.45) is -0.583. The van der Waals surface area contributed by atoms with E-state index < -0.39 is 6.10 Å². The van der Waals surface area contributed by atoms with Crippen LogP contribution < -0.4 is 20.5 Å². The molecule has 0 spiro atoms. The molecule has 0 fully saturated rings. The monoisotopic (exact) mass is 266 g/mol. The molecule has 19 heavy (non-hydrogen) atoms. The Balaban J connectivity index is 2.78. The van der Waals surface area contributed by atoms with Crippen molar-refractivity contribution in [2.24, 2.45) is 5.73 Å². The van der Waals surface area contributed by atoms with Gasteiger partial charge < -0.3 is 20.5 Å². The van der Waals surface area contributed by atoms with Crippen LogP contribution in [0.1, 0.15) is 26.3 Å². The van der Waals surface area contributed by atoms with Gasteiger partial charge in [-0.05, 0) is 38.5 Å². The van der Waals surface area contributed by atoms with Crippen LogP contribution in [0.25, 0.3) is 0 Å². The van der Waals surface area contributed by atoms with Crippen molar-refractivity contribution in [3.8, 4) is 11.5 Å². The Bertz CT molecular complexity index is 433. The molecule has 1 atom stereocenters. The van der Waals surface area contributed by atoms with E-state index in [1.807, 2.05) is 26.0 Å². The number of nitrogens with two attached hydrogens (primary N) is 1. The van der Waals surface area contributed by atoms with Gasteiger partial charge in [0.1, 0.15) is 0 Å². The first-order chi connectivity index (χ1) is 8.97. The van der Waals surface area contributed by atoms with E-state index in [9.17, 15) is 4.79 Å². The molecule has 0 aliphatic heterocycles. The lowest BCUT2D eigenvalue weighted by Gasteiger charge is -2.18. The first-order valence-corrected chi connectivity index (χ1v) is 6.32. The minimum Gasteiger partial charge on any atom is -0.493 e. The fourth-order valence-electron chi connectivity index (χ4n) is 1.58. The molecular formula is C14H22N2O3. The first-order valence-electron chi connectivity index (χ1n) is 6.32. The molecule has 0 saturated heterocycles. The summed E-state index contributed by atoms with van der Waals surface area (Å²) in [5.41, 5.74) is 6.51. The topological polar surface area (TPSA) is 73.6 Å². The maximum atomic E-state index is 11.8. The summed E-state index contributed by atoms with van der Waals surface area (Å²) < 4.78 is 10.9. The van der Waals surface area contributed by atoms with Crippen molar-refractivity contribution in [2.45, 2.75) is 39.5 Å². The number of benzene rings is 1. The number of amides is 1.